The standard InChI is InChI=1S/C9H12N2O/c1-2-12-11-7-8-5-3-4-6-9(8)10/h3-7H,2,10H2,1H3. The van der Waals surface area contributed by atoms with E-state index >= 15 is 0 Å². The summed E-state index contributed by atoms with van der Waals surface area (Å²) >= 11 is 0. The molecule has 1 aromatic carbocycles. The molecular formula is C9H12N2O. The summed E-state index contributed by atoms with van der Waals surface area (Å²) in [7, 11) is 0. The highest BCUT2D eigenvalue weighted by molar-refractivity contribution is 5.86. The number of para-hydroxylation sites is 1. The first-order chi connectivity index (χ1) is 5.84. The minimum absolute atomic E-state index is 0.573. The van der Waals surface area contributed by atoms with Gasteiger partial charge < -0.3 is 10.6 Å². The molecule has 0 heterocycles. The summed E-state index contributed by atoms with van der Waals surface area (Å²) in [4.78, 5) is 4.81. The zero-order valence-electron chi connectivity index (χ0n) is 7.03. The molecular weight excluding hydrogens is 152 g/mol. The molecule has 2 N–H and O–H groups in total. The van der Waals surface area contributed by atoms with Crippen LogP contribution in [-0.2, 0) is 4.84 Å². The van der Waals surface area contributed by atoms with Crippen LogP contribution in [0, 0.1) is 0 Å². The van der Waals surface area contributed by atoms with E-state index in [9.17, 15) is 0 Å². The molecule has 0 aliphatic rings. The maximum absolute atomic E-state index is 5.66. The van der Waals surface area contributed by atoms with Crippen LogP contribution >= 0.6 is 0 Å². The number of hydrogen-bond donors (Lipinski definition) is 1. The molecule has 3 heteroatoms. The first-order valence-electron chi connectivity index (χ1n) is 3.84. The van der Waals surface area contributed by atoms with Gasteiger partial charge in [0.05, 0.1) is 6.21 Å². The van der Waals surface area contributed by atoms with E-state index < -0.39 is 0 Å². The largest absolute Gasteiger partial charge is 0.398 e. The lowest BCUT2D eigenvalue weighted by atomic mass is 10.2. The van der Waals surface area contributed by atoms with E-state index in [0.29, 0.717) is 12.3 Å². The molecule has 0 amide bonds. The molecule has 0 bridgehead atoms. The van der Waals surface area contributed by atoms with Gasteiger partial charge in [-0.3, -0.25) is 0 Å². The fourth-order valence-corrected chi connectivity index (χ4v) is 0.797. The van der Waals surface area contributed by atoms with Crippen molar-refractivity contribution in [1.29, 1.82) is 0 Å². The molecule has 0 radical (unpaired) electrons. The minimum Gasteiger partial charge on any atom is -0.398 e. The molecule has 0 saturated carbocycles. The fraction of sp³-hybridized carbons (Fsp3) is 0.222. The predicted octanol–water partition coefficient (Wildman–Crippen LogP) is 1.64. The van der Waals surface area contributed by atoms with E-state index in [4.69, 9.17) is 10.6 Å². The molecule has 0 unspecified atom stereocenters. The molecule has 0 atom stereocenters. The van der Waals surface area contributed by atoms with Crippen LogP contribution in [0.1, 0.15) is 12.5 Å². The van der Waals surface area contributed by atoms with Gasteiger partial charge in [0, 0.05) is 11.3 Å². The number of nitrogen functional groups attached to an aromatic ring is 1. The average Bonchev–Trinajstić information content (AvgIpc) is 2.09. The van der Waals surface area contributed by atoms with Crippen molar-refractivity contribution < 1.29 is 4.84 Å². The van der Waals surface area contributed by atoms with Crippen molar-refractivity contribution in [2.24, 2.45) is 5.16 Å². The monoisotopic (exact) mass is 164 g/mol. The molecule has 0 aliphatic heterocycles. The highest BCUT2D eigenvalue weighted by Gasteiger charge is 1.91. The number of nitrogens with two attached hydrogens (primary N) is 1. The number of benzene rings is 1. The van der Waals surface area contributed by atoms with Gasteiger partial charge in [-0.15, -0.1) is 0 Å². The highest BCUT2D eigenvalue weighted by Crippen LogP contribution is 2.06. The van der Waals surface area contributed by atoms with Crippen molar-refractivity contribution in [1.82, 2.24) is 0 Å². The highest BCUT2D eigenvalue weighted by atomic mass is 16.6. The molecule has 12 heavy (non-hydrogen) atoms. The maximum Gasteiger partial charge on any atom is 0.114 e. The lowest BCUT2D eigenvalue weighted by Gasteiger charge is -1.97. The molecule has 64 valence electrons. The topological polar surface area (TPSA) is 47.6 Å². The Morgan fingerprint density at radius 3 is 2.92 bits per heavy atom. The zero-order valence-corrected chi connectivity index (χ0v) is 7.03. The second kappa shape index (κ2) is 4.38. The SMILES string of the molecule is CCON=Cc1ccccc1N. The van der Waals surface area contributed by atoms with Crippen LogP contribution in [-0.4, -0.2) is 12.8 Å². The van der Waals surface area contributed by atoms with Crippen molar-refractivity contribution in [3.8, 4) is 0 Å². The summed E-state index contributed by atoms with van der Waals surface area (Å²) in [5.74, 6) is 0. The summed E-state index contributed by atoms with van der Waals surface area (Å²) in [6, 6.07) is 7.50. The van der Waals surface area contributed by atoms with Crippen molar-refractivity contribution in [2.45, 2.75) is 6.92 Å². The maximum atomic E-state index is 5.66. The Morgan fingerprint density at radius 1 is 1.50 bits per heavy atom. The van der Waals surface area contributed by atoms with Gasteiger partial charge >= 0.3 is 0 Å². The van der Waals surface area contributed by atoms with Crippen molar-refractivity contribution in [3.63, 3.8) is 0 Å². The smallest absolute Gasteiger partial charge is 0.114 e. The van der Waals surface area contributed by atoms with Crippen LogP contribution in [0.15, 0.2) is 29.4 Å². The fourth-order valence-electron chi connectivity index (χ4n) is 0.797. The number of oxime groups is 1. The molecule has 0 spiro atoms. The van der Waals surface area contributed by atoms with Crippen LogP contribution in [0.25, 0.3) is 0 Å². The van der Waals surface area contributed by atoms with Gasteiger partial charge in [0.2, 0.25) is 0 Å². The summed E-state index contributed by atoms with van der Waals surface area (Å²) in [6.45, 7) is 2.45. The molecule has 1 rings (SSSR count). The summed E-state index contributed by atoms with van der Waals surface area (Å²) in [6.07, 6.45) is 1.61. The van der Waals surface area contributed by atoms with Gasteiger partial charge in [0.1, 0.15) is 6.61 Å². The van der Waals surface area contributed by atoms with Gasteiger partial charge in [-0.1, -0.05) is 23.4 Å². The molecule has 3 nitrogen and oxygen atoms in total. The minimum atomic E-state index is 0.573. The van der Waals surface area contributed by atoms with Crippen molar-refractivity contribution in [2.75, 3.05) is 12.3 Å². The van der Waals surface area contributed by atoms with Gasteiger partial charge in [0.15, 0.2) is 0 Å². The van der Waals surface area contributed by atoms with Crippen molar-refractivity contribution >= 4 is 11.9 Å². The molecule has 0 fully saturated rings. The number of hydrogen-bond acceptors (Lipinski definition) is 3. The van der Waals surface area contributed by atoms with Crippen LogP contribution in [0.5, 0.6) is 0 Å². The Bertz CT molecular complexity index is 271. The van der Waals surface area contributed by atoms with E-state index in [1.807, 2.05) is 31.2 Å². The Balaban J connectivity index is 2.68. The van der Waals surface area contributed by atoms with Gasteiger partial charge in [-0.25, -0.2) is 0 Å². The lowest BCUT2D eigenvalue weighted by molar-refractivity contribution is 0.160. The summed E-state index contributed by atoms with van der Waals surface area (Å²) in [5, 5.41) is 3.72. The second-order valence-electron chi connectivity index (χ2n) is 2.28. The first-order valence-corrected chi connectivity index (χ1v) is 3.84. The van der Waals surface area contributed by atoms with Crippen LogP contribution in [0.2, 0.25) is 0 Å². The van der Waals surface area contributed by atoms with Gasteiger partial charge in [-0.05, 0) is 13.0 Å². The summed E-state index contributed by atoms with van der Waals surface area (Å²) < 4.78 is 0. The van der Waals surface area contributed by atoms with E-state index in [-0.39, 0.29) is 0 Å². The van der Waals surface area contributed by atoms with E-state index in [0.717, 1.165) is 5.56 Å². The van der Waals surface area contributed by atoms with E-state index in [2.05, 4.69) is 5.16 Å². The third kappa shape index (κ3) is 2.27. The molecule has 1 aromatic rings. The number of anilines is 1. The quantitative estimate of drug-likeness (QED) is 0.419. The predicted molar refractivity (Wildman–Crippen MR) is 50.1 cm³/mol. The van der Waals surface area contributed by atoms with Crippen LogP contribution in [0.3, 0.4) is 0 Å². The van der Waals surface area contributed by atoms with E-state index in [1.165, 1.54) is 0 Å². The zero-order chi connectivity index (χ0) is 8.81. The third-order valence-electron chi connectivity index (χ3n) is 1.39. The van der Waals surface area contributed by atoms with Crippen LogP contribution < -0.4 is 5.73 Å². The second-order valence-corrected chi connectivity index (χ2v) is 2.28. The van der Waals surface area contributed by atoms with Gasteiger partial charge in [-0.2, -0.15) is 0 Å². The number of nitrogens with zero attached hydrogens (tertiary/aromatic N) is 1. The molecule has 0 saturated heterocycles. The normalized spacial score (nSPS) is 10.4. The van der Waals surface area contributed by atoms with Crippen LogP contribution in [0.4, 0.5) is 5.69 Å². The molecule has 0 aliphatic carbocycles. The Kier molecular flexibility index (Phi) is 3.14. The van der Waals surface area contributed by atoms with E-state index in [1.54, 1.807) is 6.21 Å². The Morgan fingerprint density at radius 2 is 2.25 bits per heavy atom. The lowest BCUT2D eigenvalue weighted by Crippen LogP contribution is -1.92. The Hall–Kier alpha value is -1.51. The summed E-state index contributed by atoms with van der Waals surface area (Å²) in [5.41, 5.74) is 7.25. The Labute approximate surface area is 71.8 Å². The average molecular weight is 164 g/mol. The number of rotatable bonds is 3. The van der Waals surface area contributed by atoms with Gasteiger partial charge in [0.25, 0.3) is 0 Å². The third-order valence-corrected chi connectivity index (χ3v) is 1.39. The molecule has 0 aromatic heterocycles. The first kappa shape index (κ1) is 8.59. The van der Waals surface area contributed by atoms with Crippen molar-refractivity contribution in [3.05, 3.63) is 29.8 Å².